The van der Waals surface area contributed by atoms with Crippen LogP contribution in [-0.4, -0.2) is 28.8 Å². The van der Waals surface area contributed by atoms with Crippen molar-refractivity contribution in [2.75, 3.05) is 12.4 Å². The number of alkyl halides is 2. The molecule has 0 radical (unpaired) electrons. The predicted octanol–water partition coefficient (Wildman–Crippen LogP) is 5.93. The third-order valence-electron chi connectivity index (χ3n) is 6.06. The number of ketones is 1. The molecule has 0 atom stereocenters. The van der Waals surface area contributed by atoms with E-state index in [1.165, 1.54) is 25.3 Å². The van der Waals surface area contributed by atoms with E-state index in [1.807, 2.05) is 0 Å². The van der Waals surface area contributed by atoms with Crippen molar-refractivity contribution in [3.05, 3.63) is 46.7 Å². The highest BCUT2D eigenvalue weighted by molar-refractivity contribution is 7.18. The van der Waals surface area contributed by atoms with Crippen LogP contribution in [0.3, 0.4) is 0 Å². The number of Topliss-reactive ketones (excluding diaryl/α,β-unsaturated/α-hetero) is 1. The molecule has 33 heavy (non-hydrogen) atoms. The van der Waals surface area contributed by atoms with E-state index in [1.54, 1.807) is 30.4 Å². The van der Waals surface area contributed by atoms with Gasteiger partial charge < -0.3 is 10.1 Å². The number of carbonyl (C=O) groups excluding carboxylic acids is 2. The average Bonchev–Trinajstić information content (AvgIpc) is 3.21. The van der Waals surface area contributed by atoms with Gasteiger partial charge in [0, 0.05) is 24.8 Å². The van der Waals surface area contributed by atoms with Crippen LogP contribution in [-0.2, 0) is 10.7 Å². The third-order valence-corrected chi connectivity index (χ3v) is 7.24. The zero-order valence-corrected chi connectivity index (χ0v) is 19.5. The number of amides is 1. The zero-order valence-electron chi connectivity index (χ0n) is 18.7. The van der Waals surface area contributed by atoms with Gasteiger partial charge in [0.05, 0.1) is 28.0 Å². The summed E-state index contributed by atoms with van der Waals surface area (Å²) in [6, 6.07) is 7.50. The Kier molecular flexibility index (Phi) is 6.43. The monoisotopic (exact) mass is 473 g/mol. The Bertz CT molecular complexity index is 1200. The molecule has 2 heterocycles. The summed E-state index contributed by atoms with van der Waals surface area (Å²) in [6.45, 7) is 2.40. The minimum Gasteiger partial charge on any atom is -0.494 e. The molecule has 4 rings (SSSR count). The van der Waals surface area contributed by atoms with Crippen molar-refractivity contribution in [1.82, 2.24) is 9.97 Å². The van der Waals surface area contributed by atoms with Crippen LogP contribution in [0.4, 0.5) is 14.5 Å². The first kappa shape index (κ1) is 23.2. The summed E-state index contributed by atoms with van der Waals surface area (Å²) in [4.78, 5) is 33.0. The molecule has 174 valence electrons. The maximum absolute atomic E-state index is 13.6. The summed E-state index contributed by atoms with van der Waals surface area (Å²) >= 11 is 1.56. The van der Waals surface area contributed by atoms with Crippen LogP contribution in [0.15, 0.2) is 30.3 Å². The van der Waals surface area contributed by atoms with Crippen LogP contribution in [0.2, 0.25) is 0 Å². The summed E-state index contributed by atoms with van der Waals surface area (Å²) < 4.78 is 33.5. The number of benzene rings is 1. The maximum Gasteiger partial charge on any atom is 0.287 e. The van der Waals surface area contributed by atoms with E-state index in [4.69, 9.17) is 9.72 Å². The predicted molar refractivity (Wildman–Crippen MR) is 123 cm³/mol. The molecule has 0 spiro atoms. The topological polar surface area (TPSA) is 81.2 Å². The Hall–Kier alpha value is -2.94. The lowest BCUT2D eigenvalue weighted by atomic mass is 9.80. The first-order chi connectivity index (χ1) is 15.7. The van der Waals surface area contributed by atoms with Gasteiger partial charge in [0.2, 0.25) is 0 Å². The number of thiazole rings is 1. The molecule has 0 aliphatic heterocycles. The Morgan fingerprint density at radius 3 is 2.52 bits per heavy atom. The van der Waals surface area contributed by atoms with Gasteiger partial charge >= 0.3 is 0 Å². The quantitative estimate of drug-likeness (QED) is 0.480. The standard InChI is InChI=1S/C24H25F2N3O3S/c1-13(30)14-7-9-15(10-8-14)23-29-18-11-19(32-3)17(12-20(18)33-23)28-22(31)16-5-4-6-21(27-16)24(2,25)26/h4-6,11-12,14-15H,7-10H2,1-3H3,(H,28,31)/t14-,15-. The number of halogens is 2. The van der Waals surface area contributed by atoms with Gasteiger partial charge in [-0.2, -0.15) is 8.78 Å². The van der Waals surface area contributed by atoms with Gasteiger partial charge in [-0.25, -0.2) is 9.97 Å². The number of ether oxygens (including phenoxy) is 1. The Labute approximate surface area is 194 Å². The first-order valence-electron chi connectivity index (χ1n) is 10.8. The van der Waals surface area contributed by atoms with Gasteiger partial charge in [0.1, 0.15) is 22.9 Å². The number of nitrogens with zero attached hydrogens (tertiary/aromatic N) is 2. The van der Waals surface area contributed by atoms with E-state index < -0.39 is 17.5 Å². The molecule has 1 N–H and O–H groups in total. The van der Waals surface area contributed by atoms with Gasteiger partial charge in [-0.05, 0) is 50.8 Å². The molecule has 0 unspecified atom stereocenters. The molecule has 1 aliphatic carbocycles. The molecule has 3 aromatic rings. The van der Waals surface area contributed by atoms with Crippen LogP contribution < -0.4 is 10.1 Å². The number of rotatable bonds is 6. The highest BCUT2D eigenvalue weighted by Gasteiger charge is 2.28. The number of hydrogen-bond acceptors (Lipinski definition) is 6. The van der Waals surface area contributed by atoms with Crippen LogP contribution in [0, 0.1) is 5.92 Å². The SMILES string of the molecule is COc1cc2nc([C@H]3CC[C@H](C(C)=O)CC3)sc2cc1NC(=O)c1cccc(C(C)(F)F)n1. The number of carbonyl (C=O) groups is 2. The van der Waals surface area contributed by atoms with E-state index in [2.05, 4.69) is 10.3 Å². The van der Waals surface area contributed by atoms with Crippen molar-refractivity contribution < 1.29 is 23.1 Å². The summed E-state index contributed by atoms with van der Waals surface area (Å²) in [6.07, 6.45) is 3.61. The lowest BCUT2D eigenvalue weighted by molar-refractivity contribution is -0.121. The largest absolute Gasteiger partial charge is 0.494 e. The molecule has 1 aromatic carbocycles. The lowest BCUT2D eigenvalue weighted by Crippen LogP contribution is -2.18. The molecule has 1 fully saturated rings. The van der Waals surface area contributed by atoms with Gasteiger partial charge in [-0.1, -0.05) is 6.07 Å². The highest BCUT2D eigenvalue weighted by atomic mass is 32.1. The molecule has 0 bridgehead atoms. The fourth-order valence-corrected chi connectivity index (χ4v) is 5.31. The minimum atomic E-state index is -3.14. The molecule has 0 saturated heterocycles. The van der Waals surface area contributed by atoms with Crippen LogP contribution in [0.1, 0.15) is 66.6 Å². The van der Waals surface area contributed by atoms with E-state index in [0.717, 1.165) is 47.8 Å². The number of pyridine rings is 1. The van der Waals surface area contributed by atoms with Crippen molar-refractivity contribution in [1.29, 1.82) is 0 Å². The molecule has 9 heteroatoms. The average molecular weight is 474 g/mol. The summed E-state index contributed by atoms with van der Waals surface area (Å²) in [5.74, 6) is -2.61. The normalized spacial score (nSPS) is 18.8. The van der Waals surface area contributed by atoms with Crippen molar-refractivity contribution in [3.8, 4) is 5.75 Å². The third kappa shape index (κ3) is 5.03. The summed E-state index contributed by atoms with van der Waals surface area (Å²) in [7, 11) is 1.49. The minimum absolute atomic E-state index is 0.108. The van der Waals surface area contributed by atoms with E-state index in [0.29, 0.717) is 17.4 Å². The number of nitrogens with one attached hydrogen (secondary N) is 1. The zero-order chi connectivity index (χ0) is 23.8. The van der Waals surface area contributed by atoms with Gasteiger partial charge in [-0.3, -0.25) is 9.59 Å². The van der Waals surface area contributed by atoms with Crippen LogP contribution >= 0.6 is 11.3 Å². The Morgan fingerprint density at radius 1 is 1.15 bits per heavy atom. The number of aromatic nitrogens is 2. The van der Waals surface area contributed by atoms with Gasteiger partial charge in [-0.15, -0.1) is 11.3 Å². The second-order valence-corrected chi connectivity index (χ2v) is 9.54. The van der Waals surface area contributed by atoms with E-state index in [9.17, 15) is 18.4 Å². The van der Waals surface area contributed by atoms with Crippen molar-refractivity contribution >= 4 is 38.9 Å². The van der Waals surface area contributed by atoms with Crippen molar-refractivity contribution in [3.63, 3.8) is 0 Å². The highest BCUT2D eigenvalue weighted by Crippen LogP contribution is 2.41. The van der Waals surface area contributed by atoms with E-state index >= 15 is 0 Å². The fourth-order valence-electron chi connectivity index (χ4n) is 4.15. The summed E-state index contributed by atoms with van der Waals surface area (Å²) in [5, 5.41) is 3.74. The molecule has 1 amide bonds. The molecular formula is C24H25F2N3O3S. The molecule has 1 aliphatic rings. The Balaban J connectivity index is 1.57. The molecule has 6 nitrogen and oxygen atoms in total. The first-order valence-corrected chi connectivity index (χ1v) is 11.6. The number of anilines is 1. The van der Waals surface area contributed by atoms with Gasteiger partial charge in [0.15, 0.2) is 0 Å². The fraction of sp³-hybridized carbons (Fsp3) is 0.417. The van der Waals surface area contributed by atoms with Gasteiger partial charge in [0.25, 0.3) is 11.8 Å². The van der Waals surface area contributed by atoms with Crippen LogP contribution in [0.25, 0.3) is 10.2 Å². The smallest absolute Gasteiger partial charge is 0.287 e. The molecule has 2 aromatic heterocycles. The molecular weight excluding hydrogens is 448 g/mol. The van der Waals surface area contributed by atoms with E-state index in [-0.39, 0.29) is 17.4 Å². The lowest BCUT2D eigenvalue weighted by Gasteiger charge is -2.25. The number of hydrogen-bond donors (Lipinski definition) is 1. The number of fused-ring (bicyclic) bond motifs is 1. The maximum atomic E-state index is 13.6. The second kappa shape index (κ2) is 9.13. The number of methoxy groups -OCH3 is 1. The Morgan fingerprint density at radius 2 is 1.88 bits per heavy atom. The molecule has 1 saturated carbocycles. The summed E-state index contributed by atoms with van der Waals surface area (Å²) in [5.41, 5.74) is 0.609. The second-order valence-electron chi connectivity index (χ2n) is 8.48. The van der Waals surface area contributed by atoms with Crippen LogP contribution in [0.5, 0.6) is 5.75 Å². The van der Waals surface area contributed by atoms with Crippen molar-refractivity contribution in [2.24, 2.45) is 5.92 Å². The van der Waals surface area contributed by atoms with Crippen molar-refractivity contribution in [2.45, 2.75) is 51.4 Å².